The molecule has 0 heterocycles. The van der Waals surface area contributed by atoms with E-state index in [2.05, 4.69) is 18.6 Å². The molecule has 1 N–H and O–H groups in total. The average molecular weight is 693 g/mol. The molecule has 2 aliphatic rings. The zero-order chi connectivity index (χ0) is 35.6. The maximum atomic E-state index is 11.8. The average Bonchev–Trinajstić information content (AvgIpc) is 3.09. The molecule has 2 fully saturated rings. The van der Waals surface area contributed by atoms with Gasteiger partial charge < -0.3 is 19.3 Å². The van der Waals surface area contributed by atoms with Crippen molar-refractivity contribution in [2.75, 3.05) is 20.5 Å². The van der Waals surface area contributed by atoms with Gasteiger partial charge >= 0.3 is 11.9 Å². The fourth-order valence-corrected chi connectivity index (χ4v) is 6.98. The molecule has 0 aliphatic heterocycles. The lowest BCUT2D eigenvalue weighted by Crippen LogP contribution is -2.23. The van der Waals surface area contributed by atoms with Crippen LogP contribution in [0.5, 0.6) is 11.5 Å². The Balaban J connectivity index is 0.000000175. The summed E-state index contributed by atoms with van der Waals surface area (Å²) in [6, 6.07) is 21.7. The predicted octanol–water partition coefficient (Wildman–Crippen LogP) is 8.46. The first kappa shape index (κ1) is 37.7. The van der Waals surface area contributed by atoms with Gasteiger partial charge in [0, 0.05) is 0 Å². The number of phenols is 1. The lowest BCUT2D eigenvalue weighted by molar-refractivity contribution is 0.0594. The van der Waals surface area contributed by atoms with Crippen molar-refractivity contribution in [3.8, 4) is 11.5 Å². The van der Waals surface area contributed by atoms with Gasteiger partial charge in [-0.15, -0.1) is 0 Å². The van der Waals surface area contributed by atoms with E-state index >= 15 is 0 Å². The molecule has 6 rings (SSSR count). The molecule has 4 aromatic carbocycles. The van der Waals surface area contributed by atoms with E-state index in [1.165, 1.54) is 27.1 Å². The summed E-state index contributed by atoms with van der Waals surface area (Å²) in [6.07, 6.45) is 10.0. The van der Waals surface area contributed by atoms with Crippen LogP contribution >= 0.6 is 0 Å². The van der Waals surface area contributed by atoms with Crippen LogP contribution in [-0.2, 0) is 23.8 Å². The van der Waals surface area contributed by atoms with Crippen molar-refractivity contribution in [1.82, 2.24) is 0 Å². The maximum Gasteiger partial charge on any atom is 0.338 e. The quantitative estimate of drug-likeness (QED) is 0.156. The Labute approximate surface area is 289 Å². The van der Waals surface area contributed by atoms with E-state index in [0.717, 1.165) is 83.9 Å². The predicted molar refractivity (Wildman–Crippen MR) is 192 cm³/mol. The van der Waals surface area contributed by atoms with Crippen LogP contribution in [0.1, 0.15) is 85.9 Å². The Bertz CT molecular complexity index is 1820. The van der Waals surface area contributed by atoms with E-state index in [-0.39, 0.29) is 23.8 Å². The summed E-state index contributed by atoms with van der Waals surface area (Å²) < 4.78 is 42.0. The second kappa shape index (κ2) is 17.5. The van der Waals surface area contributed by atoms with Crippen molar-refractivity contribution >= 4 is 43.6 Å². The lowest BCUT2D eigenvalue weighted by atomic mass is 9.89. The number of hydrogen-bond acceptors (Lipinski definition) is 9. The van der Waals surface area contributed by atoms with Gasteiger partial charge in [-0.05, 0) is 133 Å². The number of ether oxygens (including phenoxy) is 3. The number of fused-ring (bicyclic) bond motifs is 2. The highest BCUT2D eigenvalue weighted by Crippen LogP contribution is 2.30. The number of methoxy groups -OCH3 is 2. The molecule has 0 bridgehead atoms. The first-order valence-corrected chi connectivity index (χ1v) is 18.6. The van der Waals surface area contributed by atoms with E-state index in [1.807, 2.05) is 36.4 Å². The molecule has 49 heavy (non-hydrogen) atoms. The third-order valence-electron chi connectivity index (χ3n) is 9.07. The van der Waals surface area contributed by atoms with Gasteiger partial charge in [0.1, 0.15) is 11.5 Å². The Morgan fingerprint density at radius 1 is 0.653 bits per heavy atom. The molecule has 9 nitrogen and oxygen atoms in total. The number of rotatable bonds is 6. The van der Waals surface area contributed by atoms with Crippen molar-refractivity contribution in [3.63, 3.8) is 0 Å². The number of phenolic OH excluding ortho intramolecular Hbond substituents is 1. The minimum Gasteiger partial charge on any atom is -0.508 e. The van der Waals surface area contributed by atoms with Gasteiger partial charge in [0.2, 0.25) is 0 Å². The Morgan fingerprint density at radius 2 is 1.12 bits per heavy atom. The molecule has 0 radical (unpaired) electrons. The fraction of sp³-hybridized carbons (Fsp3) is 0.436. The molecule has 4 aromatic rings. The van der Waals surface area contributed by atoms with Crippen molar-refractivity contribution in [2.45, 2.75) is 77.4 Å². The van der Waals surface area contributed by atoms with Gasteiger partial charge in [-0.3, -0.25) is 4.18 Å². The number of aromatic hydroxyl groups is 1. The van der Waals surface area contributed by atoms with E-state index in [4.69, 9.17) is 13.7 Å². The van der Waals surface area contributed by atoms with E-state index in [1.54, 1.807) is 36.4 Å². The van der Waals surface area contributed by atoms with Gasteiger partial charge in [0.25, 0.3) is 10.1 Å². The van der Waals surface area contributed by atoms with Gasteiger partial charge in [0.05, 0.1) is 43.8 Å². The second-order valence-electron chi connectivity index (χ2n) is 13.1. The third kappa shape index (κ3) is 11.2. The molecular weight excluding hydrogens is 644 g/mol. The number of carbonyl (C=O) groups is 2. The number of benzene rings is 4. The molecule has 10 heteroatoms. The Hall–Kier alpha value is -4.15. The van der Waals surface area contributed by atoms with Crippen LogP contribution in [-0.4, -0.2) is 58.1 Å². The molecule has 264 valence electrons. The van der Waals surface area contributed by atoms with E-state index in [0.29, 0.717) is 17.2 Å². The zero-order valence-electron chi connectivity index (χ0n) is 29.0. The molecule has 2 aliphatic carbocycles. The first-order chi connectivity index (χ1) is 23.4. The van der Waals surface area contributed by atoms with Crippen LogP contribution in [0.3, 0.4) is 0 Å². The molecule has 0 saturated heterocycles. The number of carbonyl (C=O) groups excluding carboxylic acids is 2. The van der Waals surface area contributed by atoms with Crippen molar-refractivity contribution in [3.05, 3.63) is 83.9 Å². The van der Waals surface area contributed by atoms with Gasteiger partial charge in [0.15, 0.2) is 0 Å². The SMILES string of the molecule is CC1CCC(OS(C)(=O)=O)CC1.COC(=O)c1cccc2cc(O)ccc12.COC(=O)c1cccc2cc(OC3CCC(C)CC3)ccc12. The summed E-state index contributed by atoms with van der Waals surface area (Å²) in [5.41, 5.74) is 1.10. The zero-order valence-corrected chi connectivity index (χ0v) is 29.8. The second-order valence-corrected chi connectivity index (χ2v) is 14.7. The van der Waals surface area contributed by atoms with E-state index in [9.17, 15) is 23.1 Å². The van der Waals surface area contributed by atoms with E-state index < -0.39 is 10.1 Å². The van der Waals surface area contributed by atoms with Crippen molar-refractivity contribution in [2.24, 2.45) is 11.8 Å². The van der Waals surface area contributed by atoms with Gasteiger partial charge in [-0.25, -0.2) is 9.59 Å². The highest BCUT2D eigenvalue weighted by molar-refractivity contribution is 7.86. The molecule has 0 aromatic heterocycles. The summed E-state index contributed by atoms with van der Waals surface area (Å²) in [6.45, 7) is 4.50. The van der Waals surface area contributed by atoms with Crippen LogP contribution in [0.2, 0.25) is 0 Å². The smallest absolute Gasteiger partial charge is 0.338 e. The van der Waals surface area contributed by atoms with Crippen LogP contribution in [0.15, 0.2) is 72.8 Å². The maximum absolute atomic E-state index is 11.8. The topological polar surface area (TPSA) is 125 Å². The molecule has 0 unspecified atom stereocenters. The Morgan fingerprint density at radius 3 is 1.61 bits per heavy atom. The third-order valence-corrected chi connectivity index (χ3v) is 9.69. The van der Waals surface area contributed by atoms with Crippen molar-refractivity contribution in [1.29, 1.82) is 0 Å². The van der Waals surface area contributed by atoms with Crippen LogP contribution in [0.25, 0.3) is 21.5 Å². The first-order valence-electron chi connectivity index (χ1n) is 16.8. The molecule has 2 saturated carbocycles. The molecule has 0 atom stereocenters. The summed E-state index contributed by atoms with van der Waals surface area (Å²) in [7, 11) is -0.487. The van der Waals surface area contributed by atoms with Crippen LogP contribution in [0.4, 0.5) is 0 Å². The standard InChI is InChI=1S/C19H22O3.C12H10O3.C8H16O3S/c1-13-6-8-15(9-7-13)22-16-10-11-17-14(12-16)4-3-5-18(17)19(20)21-2;1-15-12(14)11-4-2-3-8-7-9(13)5-6-10(8)11;1-7-3-5-8(6-4-7)11-12(2,9)10/h3-5,10-13,15H,6-9H2,1-2H3;2-7,13H,1H3;7-8H,3-6H2,1-2H3. The summed E-state index contributed by atoms with van der Waals surface area (Å²) in [5.74, 6) is 1.94. The summed E-state index contributed by atoms with van der Waals surface area (Å²) >= 11 is 0. The molecular formula is C39H48O9S. The monoisotopic (exact) mass is 692 g/mol. The summed E-state index contributed by atoms with van der Waals surface area (Å²) in [5, 5.41) is 12.8. The van der Waals surface area contributed by atoms with Gasteiger partial charge in [-0.2, -0.15) is 8.42 Å². The highest BCUT2D eigenvalue weighted by Gasteiger charge is 2.22. The normalized spacial score (nSPS) is 20.6. The molecule has 0 spiro atoms. The number of esters is 2. The lowest BCUT2D eigenvalue weighted by Gasteiger charge is -2.27. The fourth-order valence-electron chi connectivity index (χ4n) is 6.29. The molecule has 0 amide bonds. The minimum atomic E-state index is -3.24. The summed E-state index contributed by atoms with van der Waals surface area (Å²) in [4.78, 5) is 23.2. The largest absolute Gasteiger partial charge is 0.508 e. The minimum absolute atomic E-state index is 0.0591. The van der Waals surface area contributed by atoms with Crippen LogP contribution in [0, 0.1) is 11.8 Å². The highest BCUT2D eigenvalue weighted by atomic mass is 32.2. The van der Waals surface area contributed by atoms with Crippen LogP contribution < -0.4 is 4.74 Å². The van der Waals surface area contributed by atoms with Crippen molar-refractivity contribution < 1.29 is 41.5 Å². The van der Waals surface area contributed by atoms with Gasteiger partial charge in [-0.1, -0.05) is 38.1 Å². The Kier molecular flexibility index (Phi) is 13.4. The number of hydrogen-bond donors (Lipinski definition) is 1.